The molecule has 1 N–H and O–H groups in total. The van der Waals surface area contributed by atoms with Crippen molar-refractivity contribution in [2.24, 2.45) is 0 Å². The summed E-state index contributed by atoms with van der Waals surface area (Å²) in [6, 6.07) is 18.9. The molecule has 0 fully saturated rings. The van der Waals surface area contributed by atoms with Gasteiger partial charge in [-0.3, -0.25) is 0 Å². The van der Waals surface area contributed by atoms with Gasteiger partial charge in [-0.15, -0.1) is 0 Å². The highest BCUT2D eigenvalue weighted by Gasteiger charge is 2.10. The molecular weight excluding hydrogens is 258 g/mol. The van der Waals surface area contributed by atoms with Gasteiger partial charge in [0.1, 0.15) is 5.75 Å². The van der Waals surface area contributed by atoms with E-state index in [9.17, 15) is 0 Å². The molecule has 0 bridgehead atoms. The molecule has 0 saturated heterocycles. The van der Waals surface area contributed by atoms with E-state index in [1.807, 2.05) is 37.4 Å². The van der Waals surface area contributed by atoms with E-state index in [-0.39, 0.29) is 0 Å². The smallest absolute Gasteiger partial charge is 0.119 e. The van der Waals surface area contributed by atoms with E-state index in [0.717, 1.165) is 31.7 Å². The Labute approximate surface area is 128 Å². The number of hydrogen-bond donors (Lipinski definition) is 1. The van der Waals surface area contributed by atoms with Crippen LogP contribution >= 0.6 is 0 Å². The Hall–Kier alpha value is -1.80. The third kappa shape index (κ3) is 5.24. The fourth-order valence-corrected chi connectivity index (χ4v) is 2.51. The molecular formula is C19H25NO. The highest BCUT2D eigenvalue weighted by molar-refractivity contribution is 5.25. The van der Waals surface area contributed by atoms with Gasteiger partial charge in [-0.25, -0.2) is 0 Å². The Balaban J connectivity index is 1.81. The van der Waals surface area contributed by atoms with Crippen LogP contribution in [0.1, 0.15) is 29.9 Å². The Bertz CT molecular complexity index is 507. The molecule has 0 saturated carbocycles. The molecule has 2 aromatic rings. The van der Waals surface area contributed by atoms with Crippen molar-refractivity contribution in [2.75, 3.05) is 20.2 Å². The fraction of sp³-hybridized carbons (Fsp3) is 0.368. The monoisotopic (exact) mass is 283 g/mol. The first-order valence-corrected chi connectivity index (χ1v) is 7.68. The highest BCUT2D eigenvalue weighted by Crippen LogP contribution is 2.21. The average molecular weight is 283 g/mol. The molecule has 2 nitrogen and oxygen atoms in total. The molecule has 2 heteroatoms. The molecule has 0 aliphatic carbocycles. The molecule has 112 valence electrons. The summed E-state index contributed by atoms with van der Waals surface area (Å²) in [5.74, 6) is 1.51. The molecule has 2 aromatic carbocycles. The first-order chi connectivity index (χ1) is 10.3. The molecule has 0 heterocycles. The minimum absolute atomic E-state index is 0.551. The van der Waals surface area contributed by atoms with E-state index >= 15 is 0 Å². The van der Waals surface area contributed by atoms with Crippen LogP contribution in [0.3, 0.4) is 0 Å². The summed E-state index contributed by atoms with van der Waals surface area (Å²) in [7, 11) is 2.02. The molecule has 0 radical (unpaired) electrons. The van der Waals surface area contributed by atoms with Crippen LogP contribution in [0, 0.1) is 6.92 Å². The van der Waals surface area contributed by atoms with Crippen molar-refractivity contribution >= 4 is 0 Å². The van der Waals surface area contributed by atoms with E-state index in [0.29, 0.717) is 5.92 Å². The van der Waals surface area contributed by atoms with Gasteiger partial charge in [-0.2, -0.15) is 0 Å². The Morgan fingerprint density at radius 2 is 1.71 bits per heavy atom. The predicted molar refractivity (Wildman–Crippen MR) is 89.0 cm³/mol. The minimum atomic E-state index is 0.551. The van der Waals surface area contributed by atoms with Gasteiger partial charge in [0, 0.05) is 6.54 Å². The number of aryl methyl sites for hydroxylation is 1. The first kappa shape index (κ1) is 15.6. The molecule has 2 rings (SSSR count). The summed E-state index contributed by atoms with van der Waals surface area (Å²) in [6.45, 7) is 3.91. The lowest BCUT2D eigenvalue weighted by Crippen LogP contribution is -2.18. The molecule has 0 spiro atoms. The predicted octanol–water partition coefficient (Wildman–Crippen LogP) is 4.16. The number of para-hydroxylation sites is 1. The molecule has 0 amide bonds. The highest BCUT2D eigenvalue weighted by atomic mass is 16.5. The fourth-order valence-electron chi connectivity index (χ4n) is 2.51. The van der Waals surface area contributed by atoms with E-state index in [4.69, 9.17) is 4.74 Å². The second-order valence-corrected chi connectivity index (χ2v) is 5.47. The second-order valence-electron chi connectivity index (χ2n) is 5.47. The lowest BCUT2D eigenvalue weighted by molar-refractivity contribution is 0.301. The number of ether oxygens (including phenoxy) is 1. The van der Waals surface area contributed by atoms with Crippen molar-refractivity contribution in [2.45, 2.75) is 25.7 Å². The van der Waals surface area contributed by atoms with E-state index < -0.39 is 0 Å². The van der Waals surface area contributed by atoms with Gasteiger partial charge in [-0.05, 0) is 50.4 Å². The maximum absolute atomic E-state index is 5.77. The molecule has 0 aliphatic rings. The van der Waals surface area contributed by atoms with E-state index in [1.54, 1.807) is 0 Å². The van der Waals surface area contributed by atoms with E-state index in [1.165, 1.54) is 11.1 Å². The van der Waals surface area contributed by atoms with Crippen LogP contribution in [0.15, 0.2) is 54.6 Å². The molecule has 0 aliphatic heterocycles. The van der Waals surface area contributed by atoms with Crippen LogP contribution in [-0.2, 0) is 0 Å². The van der Waals surface area contributed by atoms with Crippen molar-refractivity contribution in [3.05, 3.63) is 65.7 Å². The summed E-state index contributed by atoms with van der Waals surface area (Å²) in [5, 5.41) is 3.30. The van der Waals surface area contributed by atoms with Crippen molar-refractivity contribution < 1.29 is 4.74 Å². The number of hydrogen-bond acceptors (Lipinski definition) is 2. The minimum Gasteiger partial charge on any atom is -0.494 e. The van der Waals surface area contributed by atoms with Gasteiger partial charge in [0.05, 0.1) is 6.61 Å². The average Bonchev–Trinajstić information content (AvgIpc) is 2.52. The van der Waals surface area contributed by atoms with Gasteiger partial charge >= 0.3 is 0 Å². The zero-order chi connectivity index (χ0) is 14.9. The summed E-state index contributed by atoms with van der Waals surface area (Å²) < 4.78 is 5.77. The van der Waals surface area contributed by atoms with Gasteiger partial charge in [0.15, 0.2) is 0 Å². The van der Waals surface area contributed by atoms with Crippen LogP contribution < -0.4 is 10.1 Å². The van der Waals surface area contributed by atoms with Crippen LogP contribution in [-0.4, -0.2) is 20.2 Å². The number of likely N-dealkylation sites (N-methyl/N-ethyl adjacent to an activating group) is 1. The zero-order valence-electron chi connectivity index (χ0n) is 13.0. The number of benzene rings is 2. The maximum Gasteiger partial charge on any atom is 0.119 e. The van der Waals surface area contributed by atoms with Gasteiger partial charge in [-0.1, -0.05) is 48.0 Å². The van der Waals surface area contributed by atoms with Crippen LogP contribution in [0.25, 0.3) is 0 Å². The number of nitrogens with one attached hydrogen (secondary N) is 1. The largest absolute Gasteiger partial charge is 0.494 e. The van der Waals surface area contributed by atoms with Crippen molar-refractivity contribution in [3.8, 4) is 5.75 Å². The van der Waals surface area contributed by atoms with Gasteiger partial charge < -0.3 is 10.1 Å². The normalized spacial score (nSPS) is 12.1. The summed E-state index contributed by atoms with van der Waals surface area (Å²) in [4.78, 5) is 0. The molecule has 1 atom stereocenters. The van der Waals surface area contributed by atoms with Crippen molar-refractivity contribution in [1.29, 1.82) is 0 Å². The maximum atomic E-state index is 5.77. The second kappa shape index (κ2) is 8.48. The lowest BCUT2D eigenvalue weighted by Gasteiger charge is -2.17. The van der Waals surface area contributed by atoms with Crippen molar-refractivity contribution in [1.82, 2.24) is 5.32 Å². The van der Waals surface area contributed by atoms with Crippen LogP contribution in [0.5, 0.6) is 5.75 Å². The first-order valence-electron chi connectivity index (χ1n) is 7.68. The quantitative estimate of drug-likeness (QED) is 0.735. The summed E-state index contributed by atoms with van der Waals surface area (Å²) in [6.07, 6.45) is 2.20. The Morgan fingerprint density at radius 1 is 1.00 bits per heavy atom. The van der Waals surface area contributed by atoms with Crippen molar-refractivity contribution in [3.63, 3.8) is 0 Å². The zero-order valence-corrected chi connectivity index (χ0v) is 13.0. The lowest BCUT2D eigenvalue weighted by atomic mass is 9.93. The van der Waals surface area contributed by atoms with Gasteiger partial charge in [0.2, 0.25) is 0 Å². The molecule has 1 unspecified atom stereocenters. The summed E-state index contributed by atoms with van der Waals surface area (Å²) in [5.41, 5.74) is 2.73. The topological polar surface area (TPSA) is 21.3 Å². The standard InChI is InChI=1S/C19H25NO/c1-16-10-12-17(13-11-16)18(15-20-2)7-6-14-21-19-8-4-3-5-9-19/h3-5,8-13,18,20H,6-7,14-15H2,1-2H3. The SMILES string of the molecule is CNCC(CCCOc1ccccc1)c1ccc(C)cc1. The Morgan fingerprint density at radius 3 is 2.38 bits per heavy atom. The van der Waals surface area contributed by atoms with Crippen LogP contribution in [0.4, 0.5) is 0 Å². The summed E-state index contributed by atoms with van der Waals surface area (Å²) >= 11 is 0. The Kier molecular flexibility index (Phi) is 6.29. The van der Waals surface area contributed by atoms with Gasteiger partial charge in [0.25, 0.3) is 0 Å². The molecule has 0 aromatic heterocycles. The molecule has 21 heavy (non-hydrogen) atoms. The third-order valence-corrected chi connectivity index (χ3v) is 3.71. The number of rotatable bonds is 8. The third-order valence-electron chi connectivity index (χ3n) is 3.71. The van der Waals surface area contributed by atoms with Crippen LogP contribution in [0.2, 0.25) is 0 Å². The van der Waals surface area contributed by atoms with E-state index in [2.05, 4.69) is 36.5 Å².